The molecule has 0 radical (unpaired) electrons. The zero-order valence-corrected chi connectivity index (χ0v) is 17.3. The van der Waals surface area contributed by atoms with E-state index in [4.69, 9.17) is 4.74 Å². The van der Waals surface area contributed by atoms with Crippen LogP contribution in [0.2, 0.25) is 0 Å². The first-order chi connectivity index (χ1) is 13.1. The first kappa shape index (κ1) is 21.9. The van der Waals surface area contributed by atoms with Crippen molar-refractivity contribution in [1.29, 1.82) is 0 Å². The van der Waals surface area contributed by atoms with Crippen LogP contribution in [-0.4, -0.2) is 51.0 Å². The Morgan fingerprint density at radius 3 is 2.36 bits per heavy atom. The van der Waals surface area contributed by atoms with Gasteiger partial charge in [0.2, 0.25) is 15.9 Å². The van der Waals surface area contributed by atoms with Crippen LogP contribution in [0.3, 0.4) is 0 Å². The number of aliphatic hydroxyl groups excluding tert-OH is 1. The van der Waals surface area contributed by atoms with Crippen molar-refractivity contribution < 1.29 is 23.1 Å². The van der Waals surface area contributed by atoms with Crippen molar-refractivity contribution in [2.75, 3.05) is 27.2 Å². The molecule has 1 unspecified atom stereocenters. The number of hydrogen-bond acceptors (Lipinski definition) is 5. The molecule has 8 heteroatoms. The predicted molar refractivity (Wildman–Crippen MR) is 107 cm³/mol. The van der Waals surface area contributed by atoms with Crippen molar-refractivity contribution >= 4 is 15.9 Å². The summed E-state index contributed by atoms with van der Waals surface area (Å²) in [6.07, 6.45) is -0.906. The summed E-state index contributed by atoms with van der Waals surface area (Å²) in [5.41, 5.74) is 2.48. The number of amides is 1. The number of aliphatic hydroxyl groups is 1. The molecule has 0 saturated heterocycles. The number of nitrogens with one attached hydrogen (secondary N) is 1. The summed E-state index contributed by atoms with van der Waals surface area (Å²) in [6.45, 7) is 3.37. The van der Waals surface area contributed by atoms with E-state index >= 15 is 0 Å². The van der Waals surface area contributed by atoms with Crippen molar-refractivity contribution in [3.05, 3.63) is 59.2 Å². The summed E-state index contributed by atoms with van der Waals surface area (Å²) in [6, 6.07) is 11.7. The van der Waals surface area contributed by atoms with E-state index in [1.54, 1.807) is 43.5 Å². The zero-order chi connectivity index (χ0) is 20.9. The van der Waals surface area contributed by atoms with E-state index in [0.717, 1.165) is 15.4 Å². The van der Waals surface area contributed by atoms with E-state index < -0.39 is 22.0 Å². The molecule has 1 atom stereocenters. The van der Waals surface area contributed by atoms with Crippen molar-refractivity contribution in [3.8, 4) is 5.75 Å². The molecule has 7 nitrogen and oxygen atoms in total. The molecule has 2 rings (SSSR count). The highest BCUT2D eigenvalue weighted by Crippen LogP contribution is 2.19. The number of nitrogens with zero attached hydrogens (tertiary/aromatic N) is 1. The second kappa shape index (κ2) is 9.18. The first-order valence-electron chi connectivity index (χ1n) is 8.77. The number of hydrogen-bond donors (Lipinski definition) is 2. The molecule has 0 heterocycles. The Hall–Kier alpha value is -2.42. The molecular weight excluding hydrogens is 380 g/mol. The smallest absolute Gasteiger partial charge is 0.243 e. The minimum Gasteiger partial charge on any atom is -0.497 e. The van der Waals surface area contributed by atoms with Gasteiger partial charge >= 0.3 is 0 Å². The van der Waals surface area contributed by atoms with E-state index in [1.807, 2.05) is 13.8 Å². The molecule has 152 valence electrons. The number of benzene rings is 2. The Kier molecular flexibility index (Phi) is 7.17. The summed E-state index contributed by atoms with van der Waals surface area (Å²) in [7, 11) is -0.875. The number of likely N-dealkylation sites (N-methyl/N-ethyl adjacent to an activating group) is 1. The minimum atomic E-state index is -3.78. The van der Waals surface area contributed by atoms with Crippen molar-refractivity contribution in [2.45, 2.75) is 24.8 Å². The highest BCUT2D eigenvalue weighted by molar-refractivity contribution is 7.89. The fourth-order valence-electron chi connectivity index (χ4n) is 2.55. The second-order valence-corrected chi connectivity index (χ2v) is 8.65. The second-order valence-electron chi connectivity index (χ2n) is 6.60. The highest BCUT2D eigenvalue weighted by atomic mass is 32.2. The van der Waals surface area contributed by atoms with Crippen LogP contribution < -0.4 is 10.1 Å². The molecule has 0 aliphatic rings. The van der Waals surface area contributed by atoms with Crippen LogP contribution >= 0.6 is 0 Å². The number of methoxy groups -OCH3 is 1. The highest BCUT2D eigenvalue weighted by Gasteiger charge is 2.23. The van der Waals surface area contributed by atoms with E-state index in [2.05, 4.69) is 5.32 Å². The van der Waals surface area contributed by atoms with E-state index in [-0.39, 0.29) is 18.0 Å². The molecule has 1 amide bonds. The van der Waals surface area contributed by atoms with Crippen LogP contribution in [0.25, 0.3) is 0 Å². The largest absolute Gasteiger partial charge is 0.497 e. The van der Waals surface area contributed by atoms with E-state index in [1.165, 1.54) is 13.1 Å². The van der Waals surface area contributed by atoms with Gasteiger partial charge in [0.1, 0.15) is 5.75 Å². The number of aryl methyl sites for hydroxylation is 2. The van der Waals surface area contributed by atoms with Gasteiger partial charge < -0.3 is 15.2 Å². The van der Waals surface area contributed by atoms with Gasteiger partial charge in [0, 0.05) is 13.6 Å². The zero-order valence-electron chi connectivity index (χ0n) is 16.5. The van der Waals surface area contributed by atoms with Gasteiger partial charge in [-0.3, -0.25) is 4.79 Å². The normalized spacial score (nSPS) is 12.6. The molecule has 0 aliphatic carbocycles. The van der Waals surface area contributed by atoms with Crippen molar-refractivity contribution in [1.82, 2.24) is 9.62 Å². The van der Waals surface area contributed by atoms with Crippen molar-refractivity contribution in [2.24, 2.45) is 0 Å². The third-order valence-corrected chi connectivity index (χ3v) is 6.35. The van der Waals surface area contributed by atoms with Crippen LogP contribution in [0.5, 0.6) is 5.75 Å². The van der Waals surface area contributed by atoms with Crippen LogP contribution in [0.4, 0.5) is 0 Å². The maximum absolute atomic E-state index is 12.6. The number of rotatable bonds is 8. The summed E-state index contributed by atoms with van der Waals surface area (Å²) in [5.74, 6) is 0.167. The molecule has 0 bridgehead atoms. The van der Waals surface area contributed by atoms with Crippen LogP contribution in [0, 0.1) is 13.8 Å². The average molecular weight is 407 g/mol. The van der Waals surface area contributed by atoms with Crippen LogP contribution in [0.15, 0.2) is 47.4 Å². The molecule has 0 aromatic heterocycles. The van der Waals surface area contributed by atoms with Gasteiger partial charge in [0.25, 0.3) is 0 Å². The maximum atomic E-state index is 12.6. The lowest BCUT2D eigenvalue weighted by Crippen LogP contribution is -2.39. The number of carbonyl (C=O) groups excluding carboxylic acids is 1. The maximum Gasteiger partial charge on any atom is 0.243 e. The molecule has 0 aliphatic heterocycles. The van der Waals surface area contributed by atoms with Crippen LogP contribution in [0.1, 0.15) is 22.8 Å². The minimum absolute atomic E-state index is 0.0251. The summed E-state index contributed by atoms with van der Waals surface area (Å²) < 4.78 is 31.3. The molecule has 0 spiro atoms. The molecule has 2 N–H and O–H groups in total. The molecular formula is C20H26N2O5S. The summed E-state index contributed by atoms with van der Waals surface area (Å²) in [4.78, 5) is 12.3. The van der Waals surface area contributed by atoms with Crippen LogP contribution in [-0.2, 0) is 14.8 Å². The average Bonchev–Trinajstić information content (AvgIpc) is 2.68. The fourth-order valence-corrected chi connectivity index (χ4v) is 3.76. The quantitative estimate of drug-likeness (QED) is 0.697. The van der Waals surface area contributed by atoms with Gasteiger partial charge in [-0.05, 0) is 54.8 Å². The molecule has 28 heavy (non-hydrogen) atoms. The van der Waals surface area contributed by atoms with Gasteiger partial charge in [-0.1, -0.05) is 18.2 Å². The van der Waals surface area contributed by atoms with Gasteiger partial charge in [-0.25, -0.2) is 8.42 Å². The SMILES string of the molecule is COc1ccc(C(O)CNC(=O)CN(C)S(=O)(=O)c2ccc(C)c(C)c2)cc1. The van der Waals surface area contributed by atoms with Gasteiger partial charge in [0.15, 0.2) is 0 Å². The lowest BCUT2D eigenvalue weighted by atomic mass is 10.1. The Morgan fingerprint density at radius 1 is 1.14 bits per heavy atom. The third kappa shape index (κ3) is 5.31. The topological polar surface area (TPSA) is 95.9 Å². The summed E-state index contributed by atoms with van der Waals surface area (Å²) in [5, 5.41) is 12.7. The molecule has 0 fully saturated rings. The van der Waals surface area contributed by atoms with E-state index in [9.17, 15) is 18.3 Å². The van der Waals surface area contributed by atoms with Gasteiger partial charge in [-0.15, -0.1) is 0 Å². The number of ether oxygens (including phenoxy) is 1. The van der Waals surface area contributed by atoms with Gasteiger partial charge in [-0.2, -0.15) is 4.31 Å². The Balaban J connectivity index is 1.94. The molecule has 2 aromatic carbocycles. The Morgan fingerprint density at radius 2 is 1.79 bits per heavy atom. The fraction of sp³-hybridized carbons (Fsp3) is 0.350. The lowest BCUT2D eigenvalue weighted by Gasteiger charge is -2.18. The summed E-state index contributed by atoms with van der Waals surface area (Å²) >= 11 is 0. The molecule has 0 saturated carbocycles. The molecule has 2 aromatic rings. The van der Waals surface area contributed by atoms with E-state index in [0.29, 0.717) is 11.3 Å². The monoisotopic (exact) mass is 406 g/mol. The lowest BCUT2D eigenvalue weighted by molar-refractivity contribution is -0.121. The number of sulfonamides is 1. The third-order valence-electron chi connectivity index (χ3n) is 4.55. The Bertz CT molecular complexity index is 926. The van der Waals surface area contributed by atoms with Gasteiger partial charge in [0.05, 0.1) is 24.7 Å². The van der Waals surface area contributed by atoms with Crippen molar-refractivity contribution in [3.63, 3.8) is 0 Å². The Labute approximate surface area is 166 Å². The number of carbonyl (C=O) groups is 1. The predicted octanol–water partition coefficient (Wildman–Crippen LogP) is 1.78. The first-order valence-corrected chi connectivity index (χ1v) is 10.2. The standard InChI is InChI=1S/C20H26N2O5S/c1-14-5-10-18(11-15(14)2)28(25,26)22(3)13-20(24)21-12-19(23)16-6-8-17(27-4)9-7-16/h5-11,19,23H,12-13H2,1-4H3,(H,21,24).